The fourth-order valence-corrected chi connectivity index (χ4v) is 2.66. The molecule has 138 valence electrons. The normalized spacial score (nSPS) is 11.8. The van der Waals surface area contributed by atoms with E-state index >= 15 is 0 Å². The fourth-order valence-electron chi connectivity index (χ4n) is 2.49. The summed E-state index contributed by atoms with van der Waals surface area (Å²) in [6.07, 6.45) is 0. The van der Waals surface area contributed by atoms with E-state index in [-0.39, 0.29) is 34.3 Å². The second-order valence-electron chi connectivity index (χ2n) is 5.77. The van der Waals surface area contributed by atoms with Crippen molar-refractivity contribution in [2.24, 2.45) is 5.92 Å². The van der Waals surface area contributed by atoms with Crippen LogP contribution in [0.4, 0.5) is 17.1 Å². The number of nitro groups is 2. The van der Waals surface area contributed by atoms with Gasteiger partial charge in [0.1, 0.15) is 17.1 Å². The molecule has 1 N–H and O–H groups in total. The molecule has 1 atom stereocenters. The molecule has 26 heavy (non-hydrogen) atoms. The topological polar surface area (TPSA) is 133 Å². The van der Waals surface area contributed by atoms with Crippen LogP contribution in [0.2, 0.25) is 5.02 Å². The Balaban J connectivity index is 2.18. The van der Waals surface area contributed by atoms with Gasteiger partial charge in [-0.25, -0.2) is 0 Å². The smallest absolute Gasteiger partial charge is 0.312 e. The van der Waals surface area contributed by atoms with Crippen LogP contribution in [0.5, 0.6) is 0 Å². The highest BCUT2D eigenvalue weighted by atomic mass is 35.5. The zero-order valence-electron chi connectivity index (χ0n) is 14.2. The van der Waals surface area contributed by atoms with E-state index in [0.717, 1.165) is 6.07 Å². The van der Waals surface area contributed by atoms with Crippen LogP contribution >= 0.6 is 11.6 Å². The third-order valence-corrected chi connectivity index (χ3v) is 4.07. The van der Waals surface area contributed by atoms with Crippen LogP contribution in [0.1, 0.15) is 18.3 Å². The van der Waals surface area contributed by atoms with Gasteiger partial charge < -0.3 is 5.32 Å². The van der Waals surface area contributed by atoms with Gasteiger partial charge in [0, 0.05) is 11.1 Å². The van der Waals surface area contributed by atoms with E-state index in [0.29, 0.717) is 5.69 Å². The van der Waals surface area contributed by atoms with Crippen LogP contribution in [0, 0.1) is 40.0 Å². The van der Waals surface area contributed by atoms with Crippen molar-refractivity contribution in [2.45, 2.75) is 27.3 Å². The van der Waals surface area contributed by atoms with Crippen molar-refractivity contribution in [1.29, 1.82) is 0 Å². The van der Waals surface area contributed by atoms with Crippen molar-refractivity contribution in [3.05, 3.63) is 54.8 Å². The first-order valence-corrected chi connectivity index (χ1v) is 7.92. The molecule has 0 spiro atoms. The van der Waals surface area contributed by atoms with Gasteiger partial charge >= 0.3 is 5.69 Å². The van der Waals surface area contributed by atoms with Crippen LogP contribution in [0.25, 0.3) is 0 Å². The van der Waals surface area contributed by atoms with Gasteiger partial charge in [0.2, 0.25) is 5.91 Å². The Kier molecular flexibility index (Phi) is 5.56. The molecule has 0 radical (unpaired) electrons. The number of hydrogen-bond donors (Lipinski definition) is 1. The number of nitrogens with zero attached hydrogens (tertiary/aromatic N) is 4. The van der Waals surface area contributed by atoms with E-state index in [1.54, 1.807) is 13.8 Å². The van der Waals surface area contributed by atoms with Gasteiger partial charge in [0.15, 0.2) is 0 Å². The number of benzene rings is 1. The number of nitro benzene ring substituents is 1. The molecule has 0 aliphatic heterocycles. The number of nitrogens with one attached hydrogen (secondary N) is 1. The lowest BCUT2D eigenvalue weighted by molar-refractivity contribution is -0.386. The molecular formula is C15H16ClN5O5. The number of rotatable bonds is 6. The van der Waals surface area contributed by atoms with Gasteiger partial charge in [0.05, 0.1) is 22.3 Å². The quantitative estimate of drug-likeness (QED) is 0.603. The molecule has 0 bridgehead atoms. The van der Waals surface area contributed by atoms with Gasteiger partial charge in [-0.3, -0.25) is 29.7 Å². The second kappa shape index (κ2) is 7.48. The summed E-state index contributed by atoms with van der Waals surface area (Å²) in [4.78, 5) is 33.3. The number of carbonyl (C=O) groups is 1. The maximum atomic E-state index is 12.4. The summed E-state index contributed by atoms with van der Waals surface area (Å²) in [5, 5.41) is 28.9. The standard InChI is InChI=1S/C15H16ClN5O5/c1-8(7-19-10(3)14(21(25)26)9(2)18-19)15(22)17-12-5-4-11(16)6-13(12)20(23)24/h4-6,8H,7H2,1-3H3,(H,17,22). The van der Waals surface area contributed by atoms with Gasteiger partial charge in [-0.05, 0) is 26.0 Å². The first-order valence-electron chi connectivity index (χ1n) is 7.55. The predicted molar refractivity (Wildman–Crippen MR) is 94.3 cm³/mol. The molecule has 2 rings (SSSR count). The van der Waals surface area contributed by atoms with Crippen LogP contribution in [0.15, 0.2) is 18.2 Å². The minimum absolute atomic E-state index is 0.0237. The zero-order chi connectivity index (χ0) is 19.6. The Hall–Kier alpha value is -3.01. The summed E-state index contributed by atoms with van der Waals surface area (Å²) in [7, 11) is 0. The molecule has 0 saturated carbocycles. The number of carbonyl (C=O) groups excluding carboxylic acids is 1. The van der Waals surface area contributed by atoms with Crippen molar-refractivity contribution >= 4 is 34.6 Å². The maximum absolute atomic E-state index is 12.4. The van der Waals surface area contributed by atoms with E-state index in [9.17, 15) is 25.0 Å². The lowest BCUT2D eigenvalue weighted by Gasteiger charge is -2.13. The number of anilines is 1. The van der Waals surface area contributed by atoms with Crippen molar-refractivity contribution in [3.8, 4) is 0 Å². The Morgan fingerprint density at radius 3 is 2.50 bits per heavy atom. The first-order chi connectivity index (χ1) is 12.1. The van der Waals surface area contributed by atoms with E-state index in [1.807, 2.05) is 0 Å². The Bertz CT molecular complexity index is 895. The van der Waals surface area contributed by atoms with Crippen LogP contribution in [-0.4, -0.2) is 25.5 Å². The molecule has 1 aromatic carbocycles. The van der Waals surface area contributed by atoms with Gasteiger partial charge in [0.25, 0.3) is 5.69 Å². The lowest BCUT2D eigenvalue weighted by atomic mass is 10.1. The molecule has 0 aliphatic carbocycles. The van der Waals surface area contributed by atoms with E-state index < -0.39 is 21.7 Å². The fraction of sp³-hybridized carbons (Fsp3) is 0.333. The van der Waals surface area contributed by atoms with E-state index in [1.165, 1.54) is 23.7 Å². The molecule has 1 heterocycles. The summed E-state index contributed by atoms with van der Waals surface area (Å²) in [6, 6.07) is 3.92. The maximum Gasteiger partial charge on any atom is 0.312 e. The minimum Gasteiger partial charge on any atom is -0.320 e. The molecule has 11 heteroatoms. The number of hydrogen-bond acceptors (Lipinski definition) is 6. The van der Waals surface area contributed by atoms with Crippen molar-refractivity contribution in [1.82, 2.24) is 9.78 Å². The van der Waals surface area contributed by atoms with E-state index in [2.05, 4.69) is 10.4 Å². The van der Waals surface area contributed by atoms with Gasteiger partial charge in [-0.2, -0.15) is 5.10 Å². The highest BCUT2D eigenvalue weighted by Gasteiger charge is 2.25. The number of aromatic nitrogens is 2. The Labute approximate surface area is 153 Å². The van der Waals surface area contributed by atoms with Crippen molar-refractivity contribution in [2.75, 3.05) is 5.32 Å². The third kappa shape index (κ3) is 3.97. The van der Waals surface area contributed by atoms with Crippen LogP contribution in [0.3, 0.4) is 0 Å². The van der Waals surface area contributed by atoms with Crippen molar-refractivity contribution in [3.63, 3.8) is 0 Å². The molecular weight excluding hydrogens is 366 g/mol. The Morgan fingerprint density at radius 1 is 1.31 bits per heavy atom. The first kappa shape index (κ1) is 19.3. The summed E-state index contributed by atoms with van der Waals surface area (Å²) in [5.41, 5.74) is 0.208. The monoisotopic (exact) mass is 381 g/mol. The van der Waals surface area contributed by atoms with Gasteiger partial charge in [-0.15, -0.1) is 0 Å². The molecule has 0 aliphatic rings. The highest BCUT2D eigenvalue weighted by molar-refractivity contribution is 6.31. The van der Waals surface area contributed by atoms with Crippen molar-refractivity contribution < 1.29 is 14.6 Å². The summed E-state index contributed by atoms with van der Waals surface area (Å²) < 4.78 is 1.38. The number of aryl methyl sites for hydroxylation is 1. The van der Waals surface area contributed by atoms with Crippen LogP contribution < -0.4 is 5.32 Å². The zero-order valence-corrected chi connectivity index (χ0v) is 15.0. The molecule has 1 amide bonds. The molecule has 1 unspecified atom stereocenters. The molecule has 2 aromatic rings. The van der Waals surface area contributed by atoms with Gasteiger partial charge in [-0.1, -0.05) is 18.5 Å². The van der Waals surface area contributed by atoms with E-state index in [4.69, 9.17) is 11.6 Å². The number of amides is 1. The number of halogens is 1. The molecule has 10 nitrogen and oxygen atoms in total. The average molecular weight is 382 g/mol. The summed E-state index contributed by atoms with van der Waals surface area (Å²) in [5.74, 6) is -1.12. The largest absolute Gasteiger partial charge is 0.320 e. The minimum atomic E-state index is -0.642. The molecule has 0 saturated heterocycles. The third-order valence-electron chi connectivity index (χ3n) is 3.83. The molecule has 1 aromatic heterocycles. The predicted octanol–water partition coefficient (Wildman–Crippen LogP) is 3.24. The average Bonchev–Trinajstić information content (AvgIpc) is 2.82. The highest BCUT2D eigenvalue weighted by Crippen LogP contribution is 2.28. The summed E-state index contributed by atoms with van der Waals surface area (Å²) >= 11 is 5.74. The molecule has 0 fully saturated rings. The Morgan fingerprint density at radius 2 is 1.96 bits per heavy atom. The summed E-state index contributed by atoms with van der Waals surface area (Å²) in [6.45, 7) is 4.75. The SMILES string of the molecule is Cc1nn(CC(C)C(=O)Nc2ccc(Cl)cc2[N+](=O)[O-])c(C)c1[N+](=O)[O-]. The second-order valence-corrected chi connectivity index (χ2v) is 6.20. The lowest BCUT2D eigenvalue weighted by Crippen LogP contribution is -2.25. The van der Waals surface area contributed by atoms with Crippen LogP contribution in [-0.2, 0) is 11.3 Å².